The maximum absolute atomic E-state index is 14.6. The van der Waals surface area contributed by atoms with Crippen LogP contribution in [0, 0.1) is 5.82 Å². The highest BCUT2D eigenvalue weighted by Crippen LogP contribution is 2.29. The molecule has 140 valence electrons. The quantitative estimate of drug-likeness (QED) is 0.715. The van der Waals surface area contributed by atoms with Gasteiger partial charge in [0.05, 0.1) is 16.9 Å². The number of ether oxygens (including phenoxy) is 1. The number of carbonyl (C=O) groups excluding carboxylic acids is 1. The Morgan fingerprint density at radius 3 is 2.65 bits per heavy atom. The first-order valence-electron chi connectivity index (χ1n) is 8.01. The Morgan fingerprint density at radius 1 is 1.35 bits per heavy atom. The van der Waals surface area contributed by atoms with Crippen LogP contribution in [0.1, 0.15) is 39.2 Å². The predicted molar refractivity (Wildman–Crippen MR) is 100 cm³/mol. The molecule has 0 aliphatic heterocycles. The highest BCUT2D eigenvalue weighted by molar-refractivity contribution is 6.33. The van der Waals surface area contributed by atoms with Crippen molar-refractivity contribution in [2.24, 2.45) is 0 Å². The van der Waals surface area contributed by atoms with Crippen LogP contribution in [-0.4, -0.2) is 28.2 Å². The minimum absolute atomic E-state index is 0.0313. The number of halogens is 3. The molecule has 2 rings (SSSR count). The van der Waals surface area contributed by atoms with Crippen LogP contribution in [0.3, 0.4) is 0 Å². The zero-order valence-corrected chi connectivity index (χ0v) is 16.5. The lowest BCUT2D eigenvalue weighted by Gasteiger charge is -2.21. The molecule has 0 radical (unpaired) electrons. The van der Waals surface area contributed by atoms with Crippen molar-refractivity contribution in [3.63, 3.8) is 0 Å². The van der Waals surface area contributed by atoms with Crippen LogP contribution < -0.4 is 5.32 Å². The number of nitrogens with zero attached hydrogens (tertiary/aromatic N) is 2. The lowest BCUT2D eigenvalue weighted by Crippen LogP contribution is -2.34. The van der Waals surface area contributed by atoms with E-state index in [1.54, 1.807) is 32.9 Å². The van der Waals surface area contributed by atoms with Gasteiger partial charge < -0.3 is 10.1 Å². The smallest absolute Gasteiger partial charge is 0.407 e. The van der Waals surface area contributed by atoms with Gasteiger partial charge >= 0.3 is 6.09 Å². The molecule has 8 heteroatoms. The first-order chi connectivity index (χ1) is 12.1. The van der Waals surface area contributed by atoms with E-state index in [2.05, 4.69) is 15.3 Å². The van der Waals surface area contributed by atoms with Crippen LogP contribution in [-0.2, 0) is 4.74 Å². The van der Waals surface area contributed by atoms with Crippen molar-refractivity contribution in [3.05, 3.63) is 46.1 Å². The molecule has 1 atom stereocenters. The molecular weight excluding hydrogens is 380 g/mol. The number of aromatic nitrogens is 2. The standard InChI is InChI=1S/C18H20Cl2FN3O2/c1-10(8-23-17(25)26-18(2,3)4)12-6-5-11(7-14(12)21)15-13(19)9-22-16(20)24-15/h5-7,9-10H,8H2,1-4H3,(H,23,25). The van der Waals surface area contributed by atoms with Gasteiger partial charge in [-0.25, -0.2) is 19.2 Å². The summed E-state index contributed by atoms with van der Waals surface area (Å²) in [5.74, 6) is -0.673. The monoisotopic (exact) mass is 399 g/mol. The summed E-state index contributed by atoms with van der Waals surface area (Å²) in [7, 11) is 0. The van der Waals surface area contributed by atoms with Crippen molar-refractivity contribution in [1.29, 1.82) is 0 Å². The Morgan fingerprint density at radius 2 is 2.04 bits per heavy atom. The largest absolute Gasteiger partial charge is 0.444 e. The molecule has 0 saturated carbocycles. The first kappa shape index (κ1) is 20.4. The lowest BCUT2D eigenvalue weighted by molar-refractivity contribution is 0.0525. The van der Waals surface area contributed by atoms with E-state index in [4.69, 9.17) is 27.9 Å². The average molecular weight is 400 g/mol. The fraction of sp³-hybridized carbons (Fsp3) is 0.389. The topological polar surface area (TPSA) is 64.1 Å². The highest BCUT2D eigenvalue weighted by Gasteiger charge is 2.18. The first-order valence-corrected chi connectivity index (χ1v) is 8.77. The van der Waals surface area contributed by atoms with Crippen LogP contribution in [0.25, 0.3) is 11.3 Å². The Kier molecular flexibility index (Phi) is 6.42. The number of rotatable bonds is 4. The Hall–Kier alpha value is -1.92. The summed E-state index contributed by atoms with van der Waals surface area (Å²) in [6, 6.07) is 4.68. The number of carbonyl (C=O) groups is 1. The SMILES string of the molecule is CC(CNC(=O)OC(C)(C)C)c1ccc(-c2nc(Cl)ncc2Cl)cc1F. The molecule has 5 nitrogen and oxygen atoms in total. The Labute approximate surface area is 161 Å². The van der Waals surface area contributed by atoms with E-state index in [0.717, 1.165) is 0 Å². The molecule has 0 saturated heterocycles. The van der Waals surface area contributed by atoms with Gasteiger partial charge in [0, 0.05) is 18.0 Å². The second-order valence-electron chi connectivity index (χ2n) is 6.86. The number of hydrogen-bond donors (Lipinski definition) is 1. The van der Waals surface area contributed by atoms with Gasteiger partial charge in [0.2, 0.25) is 5.28 Å². The van der Waals surface area contributed by atoms with E-state index in [-0.39, 0.29) is 22.8 Å². The minimum atomic E-state index is -0.585. The highest BCUT2D eigenvalue weighted by atomic mass is 35.5. The molecule has 1 aromatic heterocycles. The van der Waals surface area contributed by atoms with Gasteiger partial charge in [-0.2, -0.15) is 0 Å². The number of hydrogen-bond acceptors (Lipinski definition) is 4. The van der Waals surface area contributed by atoms with Crippen molar-refractivity contribution < 1.29 is 13.9 Å². The maximum Gasteiger partial charge on any atom is 0.407 e. The zero-order valence-electron chi connectivity index (χ0n) is 14.9. The van der Waals surface area contributed by atoms with E-state index in [9.17, 15) is 9.18 Å². The molecule has 0 fully saturated rings. The van der Waals surface area contributed by atoms with Crippen molar-refractivity contribution in [1.82, 2.24) is 15.3 Å². The normalized spacial score (nSPS) is 12.6. The van der Waals surface area contributed by atoms with Crippen molar-refractivity contribution in [3.8, 4) is 11.3 Å². The van der Waals surface area contributed by atoms with E-state index < -0.39 is 17.5 Å². The van der Waals surface area contributed by atoms with Crippen LogP contribution in [0.4, 0.5) is 9.18 Å². The van der Waals surface area contributed by atoms with E-state index in [0.29, 0.717) is 16.8 Å². The molecular formula is C18H20Cl2FN3O2. The van der Waals surface area contributed by atoms with Gasteiger partial charge in [-0.05, 0) is 44.0 Å². The summed E-state index contributed by atoms with van der Waals surface area (Å²) >= 11 is 11.8. The van der Waals surface area contributed by atoms with Crippen molar-refractivity contribution in [2.75, 3.05) is 6.54 Å². The van der Waals surface area contributed by atoms with Crippen LogP contribution in [0.15, 0.2) is 24.4 Å². The van der Waals surface area contributed by atoms with E-state index >= 15 is 0 Å². The summed E-state index contributed by atoms with van der Waals surface area (Å²) in [4.78, 5) is 19.5. The maximum atomic E-state index is 14.6. The van der Waals surface area contributed by atoms with E-state index in [1.807, 2.05) is 6.92 Å². The predicted octanol–water partition coefficient (Wildman–Crippen LogP) is 5.22. The molecule has 1 amide bonds. The number of amides is 1. The molecule has 1 heterocycles. The van der Waals surface area contributed by atoms with Gasteiger partial charge in [-0.3, -0.25) is 0 Å². The average Bonchev–Trinajstić information content (AvgIpc) is 2.53. The van der Waals surface area contributed by atoms with Gasteiger partial charge in [-0.15, -0.1) is 0 Å². The van der Waals surface area contributed by atoms with Gasteiger partial charge in [-0.1, -0.05) is 30.7 Å². The van der Waals surface area contributed by atoms with Crippen molar-refractivity contribution >= 4 is 29.3 Å². The summed E-state index contributed by atoms with van der Waals surface area (Å²) in [6.45, 7) is 7.38. The molecule has 0 aliphatic carbocycles. The third-order valence-electron chi connectivity index (χ3n) is 3.47. The summed E-state index contributed by atoms with van der Waals surface area (Å²) in [5.41, 5.74) is 0.726. The molecule has 2 aromatic rings. The molecule has 1 unspecified atom stereocenters. The second-order valence-corrected chi connectivity index (χ2v) is 7.60. The molecule has 0 bridgehead atoms. The lowest BCUT2D eigenvalue weighted by atomic mass is 9.98. The van der Waals surface area contributed by atoms with Crippen LogP contribution in [0.5, 0.6) is 0 Å². The molecule has 0 spiro atoms. The molecule has 0 aliphatic rings. The second kappa shape index (κ2) is 8.18. The Bertz CT molecular complexity index is 810. The summed E-state index contributed by atoms with van der Waals surface area (Å²) in [5, 5.41) is 2.95. The Balaban J connectivity index is 2.11. The number of nitrogens with one attached hydrogen (secondary N) is 1. The third kappa shape index (κ3) is 5.54. The van der Waals surface area contributed by atoms with Gasteiger partial charge in [0.1, 0.15) is 11.4 Å². The van der Waals surface area contributed by atoms with Gasteiger partial charge in [0.15, 0.2) is 0 Å². The van der Waals surface area contributed by atoms with Crippen molar-refractivity contribution in [2.45, 2.75) is 39.2 Å². The van der Waals surface area contributed by atoms with Crippen LogP contribution >= 0.6 is 23.2 Å². The minimum Gasteiger partial charge on any atom is -0.444 e. The summed E-state index contributed by atoms with van der Waals surface area (Å²) < 4.78 is 19.7. The fourth-order valence-electron chi connectivity index (χ4n) is 2.28. The summed E-state index contributed by atoms with van der Waals surface area (Å²) in [6.07, 6.45) is 0.828. The number of alkyl carbamates (subject to hydrolysis) is 1. The molecule has 1 aromatic carbocycles. The molecule has 1 N–H and O–H groups in total. The van der Waals surface area contributed by atoms with Crippen LogP contribution in [0.2, 0.25) is 10.3 Å². The number of benzene rings is 1. The van der Waals surface area contributed by atoms with Gasteiger partial charge in [0.25, 0.3) is 0 Å². The third-order valence-corrected chi connectivity index (χ3v) is 3.93. The van der Waals surface area contributed by atoms with E-state index in [1.165, 1.54) is 12.3 Å². The zero-order chi connectivity index (χ0) is 19.5. The molecule has 26 heavy (non-hydrogen) atoms. The fourth-order valence-corrected chi connectivity index (χ4v) is 2.62.